The first-order chi connectivity index (χ1) is 12.1. The molecule has 1 heterocycles. The quantitative estimate of drug-likeness (QED) is 0.878. The SMILES string of the molecule is CC1CN(Cc2ccccc2)CC(CC(=O)O)N1Cc1ccccc1. The van der Waals surface area contributed by atoms with Gasteiger partial charge in [0.25, 0.3) is 0 Å². The summed E-state index contributed by atoms with van der Waals surface area (Å²) in [5, 5.41) is 9.37. The van der Waals surface area contributed by atoms with Crippen molar-refractivity contribution in [2.24, 2.45) is 0 Å². The van der Waals surface area contributed by atoms with Crippen LogP contribution in [0.4, 0.5) is 0 Å². The summed E-state index contributed by atoms with van der Waals surface area (Å²) in [4.78, 5) is 16.1. The van der Waals surface area contributed by atoms with Crippen LogP contribution >= 0.6 is 0 Å². The van der Waals surface area contributed by atoms with Crippen molar-refractivity contribution in [3.8, 4) is 0 Å². The van der Waals surface area contributed by atoms with Gasteiger partial charge in [0.2, 0.25) is 0 Å². The Kier molecular flexibility index (Phi) is 5.84. The second-order valence-corrected chi connectivity index (χ2v) is 6.94. The second-order valence-electron chi connectivity index (χ2n) is 6.94. The first-order valence-corrected chi connectivity index (χ1v) is 8.89. The molecular formula is C21H26N2O2. The Morgan fingerprint density at radius 3 is 2.08 bits per heavy atom. The molecule has 4 heteroatoms. The molecule has 0 amide bonds. The van der Waals surface area contributed by atoms with Crippen LogP contribution in [0.15, 0.2) is 60.7 Å². The maximum atomic E-state index is 11.4. The number of nitrogens with zero attached hydrogens (tertiary/aromatic N) is 2. The van der Waals surface area contributed by atoms with Crippen LogP contribution in [0.2, 0.25) is 0 Å². The predicted octanol–water partition coefficient (Wildman–Crippen LogP) is 3.24. The van der Waals surface area contributed by atoms with E-state index in [1.54, 1.807) is 0 Å². The lowest BCUT2D eigenvalue weighted by molar-refractivity contribution is -0.139. The van der Waals surface area contributed by atoms with Crippen LogP contribution < -0.4 is 0 Å². The largest absolute Gasteiger partial charge is 0.481 e. The number of hydrogen-bond donors (Lipinski definition) is 1. The molecule has 2 unspecified atom stereocenters. The highest BCUT2D eigenvalue weighted by Gasteiger charge is 2.33. The number of hydrogen-bond acceptors (Lipinski definition) is 3. The van der Waals surface area contributed by atoms with Crippen LogP contribution in [0, 0.1) is 0 Å². The summed E-state index contributed by atoms with van der Waals surface area (Å²) >= 11 is 0. The summed E-state index contributed by atoms with van der Waals surface area (Å²) in [5.41, 5.74) is 2.52. The van der Waals surface area contributed by atoms with Crippen LogP contribution in [-0.4, -0.2) is 46.0 Å². The molecule has 0 radical (unpaired) electrons. The van der Waals surface area contributed by atoms with E-state index in [9.17, 15) is 9.90 Å². The Hall–Kier alpha value is -2.17. The van der Waals surface area contributed by atoms with E-state index in [-0.39, 0.29) is 12.5 Å². The number of rotatable bonds is 6. The molecule has 0 aliphatic carbocycles. The third-order valence-corrected chi connectivity index (χ3v) is 4.89. The van der Waals surface area contributed by atoms with Gasteiger partial charge in [-0.1, -0.05) is 60.7 Å². The molecule has 0 spiro atoms. The van der Waals surface area contributed by atoms with Crippen molar-refractivity contribution in [2.45, 2.75) is 38.5 Å². The van der Waals surface area contributed by atoms with Gasteiger partial charge in [-0.05, 0) is 18.1 Å². The van der Waals surface area contributed by atoms with E-state index in [1.165, 1.54) is 11.1 Å². The van der Waals surface area contributed by atoms with Gasteiger partial charge in [0.1, 0.15) is 0 Å². The summed E-state index contributed by atoms with van der Waals surface area (Å²) < 4.78 is 0. The van der Waals surface area contributed by atoms with E-state index in [2.05, 4.69) is 53.1 Å². The standard InChI is InChI=1S/C21H26N2O2/c1-17-13-22(14-18-8-4-2-5-9-18)16-20(12-21(24)25)23(17)15-19-10-6-3-7-11-19/h2-11,17,20H,12-16H2,1H3,(H,24,25). The smallest absolute Gasteiger partial charge is 0.304 e. The molecule has 1 saturated heterocycles. The zero-order chi connectivity index (χ0) is 17.6. The second kappa shape index (κ2) is 8.28. The van der Waals surface area contributed by atoms with Gasteiger partial charge in [0.15, 0.2) is 0 Å². The molecule has 4 nitrogen and oxygen atoms in total. The average molecular weight is 338 g/mol. The fourth-order valence-corrected chi connectivity index (χ4v) is 3.75. The van der Waals surface area contributed by atoms with Crippen molar-refractivity contribution in [1.29, 1.82) is 0 Å². The normalized spacial score (nSPS) is 22.0. The summed E-state index contributed by atoms with van der Waals surface area (Å²) in [6, 6.07) is 21.1. The Balaban J connectivity index is 1.72. The third-order valence-electron chi connectivity index (χ3n) is 4.89. The van der Waals surface area contributed by atoms with E-state index in [0.717, 1.165) is 26.2 Å². The lowest BCUT2D eigenvalue weighted by Crippen LogP contribution is -2.57. The van der Waals surface area contributed by atoms with Gasteiger partial charge in [-0.2, -0.15) is 0 Å². The molecule has 2 atom stereocenters. The molecular weight excluding hydrogens is 312 g/mol. The minimum atomic E-state index is -0.725. The highest BCUT2D eigenvalue weighted by atomic mass is 16.4. The van der Waals surface area contributed by atoms with Crippen molar-refractivity contribution in [1.82, 2.24) is 9.80 Å². The molecule has 1 fully saturated rings. The monoisotopic (exact) mass is 338 g/mol. The number of carboxylic acid groups (broad SMARTS) is 1. The summed E-state index contributed by atoms with van der Waals surface area (Å²) in [7, 11) is 0. The highest BCUT2D eigenvalue weighted by Crippen LogP contribution is 2.22. The van der Waals surface area contributed by atoms with Crippen molar-refractivity contribution in [3.05, 3.63) is 71.8 Å². The molecule has 1 N–H and O–H groups in total. The first kappa shape index (κ1) is 17.6. The van der Waals surface area contributed by atoms with E-state index < -0.39 is 5.97 Å². The van der Waals surface area contributed by atoms with Crippen LogP contribution in [0.25, 0.3) is 0 Å². The number of carbonyl (C=O) groups is 1. The van der Waals surface area contributed by atoms with Crippen molar-refractivity contribution in [3.63, 3.8) is 0 Å². The van der Waals surface area contributed by atoms with Crippen molar-refractivity contribution < 1.29 is 9.90 Å². The molecule has 0 saturated carbocycles. The zero-order valence-electron chi connectivity index (χ0n) is 14.7. The van der Waals surface area contributed by atoms with Gasteiger partial charge < -0.3 is 5.11 Å². The Labute approximate surface area is 149 Å². The molecule has 1 aliphatic rings. The van der Waals surface area contributed by atoms with Crippen LogP contribution in [0.1, 0.15) is 24.5 Å². The van der Waals surface area contributed by atoms with Crippen molar-refractivity contribution >= 4 is 5.97 Å². The van der Waals surface area contributed by atoms with E-state index in [1.807, 2.05) is 24.3 Å². The zero-order valence-corrected chi connectivity index (χ0v) is 14.7. The lowest BCUT2D eigenvalue weighted by Gasteiger charge is -2.45. The fourth-order valence-electron chi connectivity index (χ4n) is 3.75. The van der Waals surface area contributed by atoms with Gasteiger partial charge in [0.05, 0.1) is 6.42 Å². The van der Waals surface area contributed by atoms with E-state index in [0.29, 0.717) is 6.04 Å². The average Bonchev–Trinajstić information content (AvgIpc) is 2.59. The van der Waals surface area contributed by atoms with Crippen LogP contribution in [0.5, 0.6) is 0 Å². The fraction of sp³-hybridized carbons (Fsp3) is 0.381. The minimum Gasteiger partial charge on any atom is -0.481 e. The molecule has 132 valence electrons. The van der Waals surface area contributed by atoms with Gasteiger partial charge in [-0.3, -0.25) is 14.6 Å². The number of aliphatic carboxylic acids is 1. The number of piperazine rings is 1. The topological polar surface area (TPSA) is 43.8 Å². The first-order valence-electron chi connectivity index (χ1n) is 8.89. The van der Waals surface area contributed by atoms with Crippen LogP contribution in [0.3, 0.4) is 0 Å². The molecule has 1 aliphatic heterocycles. The van der Waals surface area contributed by atoms with Gasteiger partial charge in [0, 0.05) is 38.3 Å². The Morgan fingerprint density at radius 2 is 1.52 bits per heavy atom. The van der Waals surface area contributed by atoms with E-state index in [4.69, 9.17) is 0 Å². The highest BCUT2D eigenvalue weighted by molar-refractivity contribution is 5.67. The maximum Gasteiger partial charge on any atom is 0.304 e. The third kappa shape index (κ3) is 4.91. The predicted molar refractivity (Wildman–Crippen MR) is 99.2 cm³/mol. The molecule has 0 bridgehead atoms. The number of carboxylic acids is 1. The van der Waals surface area contributed by atoms with E-state index >= 15 is 0 Å². The molecule has 0 aromatic heterocycles. The van der Waals surface area contributed by atoms with Gasteiger partial charge >= 0.3 is 5.97 Å². The van der Waals surface area contributed by atoms with Gasteiger partial charge in [-0.15, -0.1) is 0 Å². The lowest BCUT2D eigenvalue weighted by atomic mass is 10.0. The van der Waals surface area contributed by atoms with Crippen LogP contribution in [-0.2, 0) is 17.9 Å². The summed E-state index contributed by atoms with van der Waals surface area (Å²) in [6.07, 6.45) is 0.183. The minimum absolute atomic E-state index is 0.0326. The Morgan fingerprint density at radius 1 is 0.960 bits per heavy atom. The number of benzene rings is 2. The summed E-state index contributed by atoms with van der Waals surface area (Å²) in [5.74, 6) is -0.725. The maximum absolute atomic E-state index is 11.4. The molecule has 2 aromatic carbocycles. The molecule has 25 heavy (non-hydrogen) atoms. The van der Waals surface area contributed by atoms with Crippen molar-refractivity contribution in [2.75, 3.05) is 13.1 Å². The molecule has 2 aromatic rings. The summed E-state index contributed by atoms with van der Waals surface area (Å²) in [6.45, 7) is 5.63. The van der Waals surface area contributed by atoms with Gasteiger partial charge in [-0.25, -0.2) is 0 Å². The Bertz CT molecular complexity index is 675. The molecule has 3 rings (SSSR count).